The molecular weight excluding hydrogens is 218 g/mol. The second kappa shape index (κ2) is 4.29. The van der Waals surface area contributed by atoms with Gasteiger partial charge in [0, 0.05) is 18.5 Å². The first-order valence-electron chi connectivity index (χ1n) is 5.83. The lowest BCUT2D eigenvalue weighted by atomic mass is 10.1. The molecule has 3 heterocycles. The number of rotatable bonds is 3. The highest BCUT2D eigenvalue weighted by Gasteiger charge is 2.19. The van der Waals surface area contributed by atoms with Gasteiger partial charge in [0.05, 0.1) is 18.8 Å². The Morgan fingerprint density at radius 1 is 1.59 bits per heavy atom. The first-order chi connectivity index (χ1) is 8.31. The highest BCUT2D eigenvalue weighted by atomic mass is 16.5. The van der Waals surface area contributed by atoms with Gasteiger partial charge in [-0.25, -0.2) is 9.67 Å². The first kappa shape index (κ1) is 10.5. The topological polar surface area (TPSA) is 68.8 Å². The van der Waals surface area contributed by atoms with Crippen molar-refractivity contribution < 1.29 is 4.52 Å². The summed E-state index contributed by atoms with van der Waals surface area (Å²) in [7, 11) is 0. The summed E-state index contributed by atoms with van der Waals surface area (Å²) in [5, 5.41) is 11.5. The SMILES string of the molecule is Cc1cc(CN[C@H]2CCc3ncnn3C2)on1. The third-order valence-electron chi connectivity index (χ3n) is 3.05. The predicted octanol–water partition coefficient (Wildman–Crippen LogP) is 0.679. The molecule has 0 fully saturated rings. The lowest BCUT2D eigenvalue weighted by Crippen LogP contribution is -2.37. The lowest BCUT2D eigenvalue weighted by Gasteiger charge is -2.23. The van der Waals surface area contributed by atoms with Gasteiger partial charge in [-0.2, -0.15) is 5.10 Å². The summed E-state index contributed by atoms with van der Waals surface area (Å²) in [5.74, 6) is 1.96. The minimum atomic E-state index is 0.426. The average Bonchev–Trinajstić information content (AvgIpc) is 2.94. The van der Waals surface area contributed by atoms with Crippen LogP contribution in [0.25, 0.3) is 0 Å². The molecule has 0 aromatic carbocycles. The van der Waals surface area contributed by atoms with Crippen molar-refractivity contribution in [2.45, 2.75) is 38.9 Å². The van der Waals surface area contributed by atoms with E-state index in [1.165, 1.54) is 0 Å². The number of nitrogens with one attached hydrogen (secondary N) is 1. The van der Waals surface area contributed by atoms with Crippen molar-refractivity contribution in [1.29, 1.82) is 0 Å². The van der Waals surface area contributed by atoms with Gasteiger partial charge in [-0.05, 0) is 13.3 Å². The normalized spacial score (nSPS) is 19.2. The van der Waals surface area contributed by atoms with Crippen molar-refractivity contribution in [3.63, 3.8) is 0 Å². The Balaban J connectivity index is 1.57. The Morgan fingerprint density at radius 2 is 2.53 bits per heavy atom. The lowest BCUT2D eigenvalue weighted by molar-refractivity contribution is 0.323. The Morgan fingerprint density at radius 3 is 3.35 bits per heavy atom. The smallest absolute Gasteiger partial charge is 0.150 e. The van der Waals surface area contributed by atoms with E-state index in [1.54, 1.807) is 6.33 Å². The maximum atomic E-state index is 5.16. The molecule has 0 saturated carbocycles. The van der Waals surface area contributed by atoms with E-state index >= 15 is 0 Å². The van der Waals surface area contributed by atoms with E-state index in [-0.39, 0.29) is 0 Å². The molecule has 0 amide bonds. The maximum absolute atomic E-state index is 5.16. The molecule has 17 heavy (non-hydrogen) atoms. The Hall–Kier alpha value is -1.69. The molecule has 0 unspecified atom stereocenters. The number of aryl methyl sites for hydroxylation is 2. The zero-order chi connectivity index (χ0) is 11.7. The van der Waals surface area contributed by atoms with Crippen LogP contribution in [0.15, 0.2) is 16.9 Å². The minimum Gasteiger partial charge on any atom is -0.360 e. The molecule has 0 aliphatic carbocycles. The van der Waals surface area contributed by atoms with Crippen LogP contribution in [0.2, 0.25) is 0 Å². The van der Waals surface area contributed by atoms with Crippen LogP contribution in [-0.4, -0.2) is 26.0 Å². The standard InChI is InChI=1S/C11H15N5O/c1-8-4-10(17-15-8)5-12-9-2-3-11-13-7-14-16(11)6-9/h4,7,9,12H,2-3,5-6H2,1H3/t9-/m0/s1. The van der Waals surface area contributed by atoms with E-state index in [1.807, 2.05) is 17.7 Å². The van der Waals surface area contributed by atoms with E-state index < -0.39 is 0 Å². The van der Waals surface area contributed by atoms with Gasteiger partial charge in [0.1, 0.15) is 12.2 Å². The summed E-state index contributed by atoms with van der Waals surface area (Å²) in [4.78, 5) is 4.21. The molecule has 6 nitrogen and oxygen atoms in total. The molecule has 1 aliphatic rings. The molecule has 3 rings (SSSR count). The number of nitrogens with zero attached hydrogens (tertiary/aromatic N) is 4. The van der Waals surface area contributed by atoms with Crippen molar-refractivity contribution >= 4 is 0 Å². The van der Waals surface area contributed by atoms with Crippen LogP contribution in [0.3, 0.4) is 0 Å². The number of hydrogen-bond acceptors (Lipinski definition) is 5. The van der Waals surface area contributed by atoms with Gasteiger partial charge < -0.3 is 9.84 Å². The highest BCUT2D eigenvalue weighted by Crippen LogP contribution is 2.12. The van der Waals surface area contributed by atoms with Crippen LogP contribution in [0.1, 0.15) is 23.7 Å². The molecule has 2 aromatic rings. The molecule has 0 bridgehead atoms. The molecule has 1 atom stereocenters. The Kier molecular flexibility index (Phi) is 2.64. The molecule has 1 aliphatic heterocycles. The van der Waals surface area contributed by atoms with E-state index in [4.69, 9.17) is 4.52 Å². The predicted molar refractivity (Wildman–Crippen MR) is 60.2 cm³/mol. The van der Waals surface area contributed by atoms with E-state index in [0.29, 0.717) is 6.04 Å². The molecule has 2 aromatic heterocycles. The fourth-order valence-electron chi connectivity index (χ4n) is 2.15. The Bertz CT molecular complexity index is 503. The summed E-state index contributed by atoms with van der Waals surface area (Å²) in [6.07, 6.45) is 3.69. The summed E-state index contributed by atoms with van der Waals surface area (Å²) in [6, 6.07) is 2.38. The quantitative estimate of drug-likeness (QED) is 0.844. The van der Waals surface area contributed by atoms with Crippen LogP contribution in [0.5, 0.6) is 0 Å². The number of hydrogen-bond donors (Lipinski definition) is 1. The van der Waals surface area contributed by atoms with Gasteiger partial charge in [0.2, 0.25) is 0 Å². The van der Waals surface area contributed by atoms with Gasteiger partial charge in [-0.1, -0.05) is 5.16 Å². The van der Waals surface area contributed by atoms with Crippen LogP contribution < -0.4 is 5.32 Å². The molecule has 0 radical (unpaired) electrons. The number of aromatic nitrogens is 4. The van der Waals surface area contributed by atoms with Crippen molar-refractivity contribution in [3.8, 4) is 0 Å². The summed E-state index contributed by atoms with van der Waals surface area (Å²) in [6.45, 7) is 3.52. The van der Waals surface area contributed by atoms with Crippen molar-refractivity contribution in [2.24, 2.45) is 0 Å². The fourth-order valence-corrected chi connectivity index (χ4v) is 2.15. The van der Waals surface area contributed by atoms with E-state index in [9.17, 15) is 0 Å². The summed E-state index contributed by atoms with van der Waals surface area (Å²) >= 11 is 0. The van der Waals surface area contributed by atoms with Crippen molar-refractivity contribution in [2.75, 3.05) is 0 Å². The third kappa shape index (κ3) is 2.21. The van der Waals surface area contributed by atoms with Crippen LogP contribution >= 0.6 is 0 Å². The van der Waals surface area contributed by atoms with Crippen molar-refractivity contribution in [1.82, 2.24) is 25.2 Å². The summed E-state index contributed by atoms with van der Waals surface area (Å²) in [5.41, 5.74) is 0.920. The Labute approximate surface area is 99.0 Å². The molecule has 1 N–H and O–H groups in total. The van der Waals surface area contributed by atoms with E-state index in [0.717, 1.165) is 43.2 Å². The van der Waals surface area contributed by atoms with Crippen molar-refractivity contribution in [3.05, 3.63) is 29.7 Å². The van der Waals surface area contributed by atoms with Crippen LogP contribution in [-0.2, 0) is 19.5 Å². The monoisotopic (exact) mass is 233 g/mol. The largest absolute Gasteiger partial charge is 0.360 e. The van der Waals surface area contributed by atoms with Gasteiger partial charge in [-0.3, -0.25) is 0 Å². The number of fused-ring (bicyclic) bond motifs is 1. The molecular formula is C11H15N5O. The van der Waals surface area contributed by atoms with E-state index in [2.05, 4.69) is 20.6 Å². The van der Waals surface area contributed by atoms with Crippen LogP contribution in [0.4, 0.5) is 0 Å². The maximum Gasteiger partial charge on any atom is 0.150 e. The van der Waals surface area contributed by atoms with Gasteiger partial charge in [0.15, 0.2) is 5.76 Å². The van der Waals surface area contributed by atoms with Gasteiger partial charge >= 0.3 is 0 Å². The highest BCUT2D eigenvalue weighted by molar-refractivity contribution is 5.03. The zero-order valence-corrected chi connectivity index (χ0v) is 9.76. The molecule has 90 valence electrons. The van der Waals surface area contributed by atoms with Gasteiger partial charge in [-0.15, -0.1) is 0 Å². The average molecular weight is 233 g/mol. The second-order valence-electron chi connectivity index (χ2n) is 4.41. The van der Waals surface area contributed by atoms with Gasteiger partial charge in [0.25, 0.3) is 0 Å². The third-order valence-corrected chi connectivity index (χ3v) is 3.05. The van der Waals surface area contributed by atoms with Crippen LogP contribution in [0, 0.1) is 6.92 Å². The minimum absolute atomic E-state index is 0.426. The first-order valence-corrected chi connectivity index (χ1v) is 5.83. The fraction of sp³-hybridized carbons (Fsp3) is 0.545. The second-order valence-corrected chi connectivity index (χ2v) is 4.41. The molecule has 0 spiro atoms. The summed E-state index contributed by atoms with van der Waals surface area (Å²) < 4.78 is 7.13. The zero-order valence-electron chi connectivity index (χ0n) is 9.76. The molecule has 6 heteroatoms. The molecule has 0 saturated heterocycles.